The van der Waals surface area contributed by atoms with Crippen molar-refractivity contribution in [1.29, 1.82) is 0 Å². The number of thiazole rings is 1. The third-order valence-electron chi connectivity index (χ3n) is 3.81. The van der Waals surface area contributed by atoms with Crippen molar-refractivity contribution in [3.63, 3.8) is 0 Å². The number of hydrogen-bond donors (Lipinski definition) is 1. The highest BCUT2D eigenvalue weighted by Gasteiger charge is 2.18. The van der Waals surface area contributed by atoms with E-state index in [0.29, 0.717) is 11.4 Å². The first-order valence-corrected chi connectivity index (χ1v) is 9.96. The van der Waals surface area contributed by atoms with Gasteiger partial charge in [-0.05, 0) is 31.5 Å². The lowest BCUT2D eigenvalue weighted by atomic mass is 10.2. The highest BCUT2D eigenvalue weighted by molar-refractivity contribution is 8.02. The van der Waals surface area contributed by atoms with Crippen LogP contribution in [0, 0.1) is 6.92 Å². The predicted molar refractivity (Wildman–Crippen MR) is 109 cm³/mol. The average Bonchev–Trinajstić information content (AvgIpc) is 3.11. The van der Waals surface area contributed by atoms with Crippen LogP contribution >= 0.6 is 23.1 Å². The number of carbonyl (C=O) groups excluding carboxylic acids is 1. The zero-order chi connectivity index (χ0) is 18.5. The van der Waals surface area contributed by atoms with Gasteiger partial charge in [-0.1, -0.05) is 48.2 Å². The Kier molecular flexibility index (Phi) is 5.96. The second-order valence-corrected chi connectivity index (χ2v) is 8.26. The van der Waals surface area contributed by atoms with Crippen LogP contribution in [0.3, 0.4) is 0 Å². The lowest BCUT2D eigenvalue weighted by Crippen LogP contribution is -2.22. The summed E-state index contributed by atoms with van der Waals surface area (Å²) in [4.78, 5) is 17.2. The first kappa shape index (κ1) is 18.5. The Balaban J connectivity index is 1.67. The minimum absolute atomic E-state index is 0.0737. The summed E-state index contributed by atoms with van der Waals surface area (Å²) in [5.41, 5.74) is 3.77. The number of nitrogens with zero attached hydrogens (tertiary/aromatic N) is 1. The highest BCUT2D eigenvalue weighted by Crippen LogP contribution is 2.32. The average molecular weight is 385 g/mol. The standard InChI is InChI=1S/C20H20N2O2S2/c1-13-9-10-18(24-3)16(11-13)21-19(23)14(2)26-20-22-17(12-25-20)15-7-5-4-6-8-15/h4-12,14H,1-3H3,(H,21,23). The second kappa shape index (κ2) is 8.38. The zero-order valence-electron chi connectivity index (χ0n) is 14.9. The van der Waals surface area contributed by atoms with Gasteiger partial charge in [-0.15, -0.1) is 11.3 Å². The number of rotatable bonds is 6. The molecule has 1 N–H and O–H groups in total. The fourth-order valence-electron chi connectivity index (χ4n) is 2.41. The van der Waals surface area contributed by atoms with E-state index in [9.17, 15) is 4.79 Å². The zero-order valence-corrected chi connectivity index (χ0v) is 16.5. The summed E-state index contributed by atoms with van der Waals surface area (Å²) in [7, 11) is 1.60. The van der Waals surface area contributed by atoms with E-state index in [1.807, 2.05) is 67.8 Å². The van der Waals surface area contributed by atoms with Crippen LogP contribution < -0.4 is 10.1 Å². The van der Waals surface area contributed by atoms with Crippen molar-refractivity contribution >= 4 is 34.7 Å². The summed E-state index contributed by atoms with van der Waals surface area (Å²) >= 11 is 3.01. The van der Waals surface area contributed by atoms with Crippen LogP contribution in [0.15, 0.2) is 58.3 Å². The molecule has 26 heavy (non-hydrogen) atoms. The van der Waals surface area contributed by atoms with Crippen molar-refractivity contribution in [2.75, 3.05) is 12.4 Å². The first-order valence-electron chi connectivity index (χ1n) is 8.20. The molecule has 1 heterocycles. The SMILES string of the molecule is COc1ccc(C)cc1NC(=O)C(C)Sc1nc(-c2ccccc2)cs1. The van der Waals surface area contributed by atoms with Crippen LogP contribution in [-0.4, -0.2) is 23.3 Å². The number of aryl methyl sites for hydroxylation is 1. The monoisotopic (exact) mass is 384 g/mol. The van der Waals surface area contributed by atoms with Gasteiger partial charge in [-0.3, -0.25) is 4.79 Å². The number of nitrogens with one attached hydrogen (secondary N) is 1. The van der Waals surface area contributed by atoms with Crippen molar-refractivity contribution in [3.8, 4) is 17.0 Å². The molecule has 1 aromatic heterocycles. The van der Waals surface area contributed by atoms with Crippen molar-refractivity contribution in [2.45, 2.75) is 23.4 Å². The van der Waals surface area contributed by atoms with Gasteiger partial charge in [0.1, 0.15) is 5.75 Å². The van der Waals surface area contributed by atoms with Gasteiger partial charge in [-0.2, -0.15) is 0 Å². The van der Waals surface area contributed by atoms with Crippen molar-refractivity contribution in [3.05, 3.63) is 59.5 Å². The summed E-state index contributed by atoms with van der Waals surface area (Å²) in [6.45, 7) is 3.86. The molecule has 1 unspecified atom stereocenters. The predicted octanol–water partition coefficient (Wildman–Crippen LogP) is 5.25. The Morgan fingerprint density at radius 1 is 1.23 bits per heavy atom. The summed E-state index contributed by atoms with van der Waals surface area (Å²) in [5, 5.41) is 4.70. The third-order valence-corrected chi connectivity index (χ3v) is 5.88. The molecule has 1 atom stereocenters. The number of aromatic nitrogens is 1. The molecule has 0 aliphatic carbocycles. The second-order valence-electron chi connectivity index (χ2n) is 5.82. The first-order chi connectivity index (χ1) is 12.6. The maximum absolute atomic E-state index is 12.6. The fraction of sp³-hybridized carbons (Fsp3) is 0.200. The number of benzene rings is 2. The molecule has 0 radical (unpaired) electrons. The molecule has 4 nitrogen and oxygen atoms in total. The molecular weight excluding hydrogens is 364 g/mol. The van der Waals surface area contributed by atoms with Gasteiger partial charge in [0.15, 0.2) is 4.34 Å². The molecule has 0 saturated carbocycles. The minimum atomic E-state index is -0.269. The molecular formula is C20H20N2O2S2. The number of thioether (sulfide) groups is 1. The fourth-order valence-corrected chi connectivity index (χ4v) is 4.38. The Morgan fingerprint density at radius 2 is 2.00 bits per heavy atom. The number of ether oxygens (including phenoxy) is 1. The maximum Gasteiger partial charge on any atom is 0.237 e. The Hall–Kier alpha value is -2.31. The topological polar surface area (TPSA) is 51.2 Å². The third kappa shape index (κ3) is 4.45. The number of hydrogen-bond acceptors (Lipinski definition) is 5. The molecule has 0 spiro atoms. The molecule has 0 aliphatic rings. The van der Waals surface area contributed by atoms with Crippen LogP contribution in [0.25, 0.3) is 11.3 Å². The van der Waals surface area contributed by atoms with Crippen molar-refractivity contribution in [1.82, 2.24) is 4.98 Å². The number of carbonyl (C=O) groups is 1. The van der Waals surface area contributed by atoms with E-state index >= 15 is 0 Å². The quantitative estimate of drug-likeness (QED) is 0.590. The molecule has 6 heteroatoms. The summed E-state index contributed by atoms with van der Waals surface area (Å²) in [6, 6.07) is 15.7. The molecule has 134 valence electrons. The van der Waals surface area contributed by atoms with Gasteiger partial charge in [0, 0.05) is 10.9 Å². The van der Waals surface area contributed by atoms with E-state index in [1.165, 1.54) is 11.8 Å². The molecule has 0 bridgehead atoms. The van der Waals surface area contributed by atoms with Crippen molar-refractivity contribution < 1.29 is 9.53 Å². The van der Waals surface area contributed by atoms with Crippen LogP contribution in [0.1, 0.15) is 12.5 Å². The Morgan fingerprint density at radius 3 is 2.73 bits per heavy atom. The van der Waals surface area contributed by atoms with E-state index in [2.05, 4.69) is 10.3 Å². The number of anilines is 1. The molecule has 3 rings (SSSR count). The molecule has 1 amide bonds. The van der Waals surface area contributed by atoms with Crippen LogP contribution in [0.2, 0.25) is 0 Å². The van der Waals surface area contributed by atoms with E-state index in [4.69, 9.17) is 4.74 Å². The van der Waals surface area contributed by atoms with Crippen LogP contribution in [0.4, 0.5) is 5.69 Å². The number of methoxy groups -OCH3 is 1. The van der Waals surface area contributed by atoms with E-state index in [0.717, 1.165) is 21.2 Å². The lowest BCUT2D eigenvalue weighted by Gasteiger charge is -2.14. The van der Waals surface area contributed by atoms with Gasteiger partial charge in [0.2, 0.25) is 5.91 Å². The van der Waals surface area contributed by atoms with Gasteiger partial charge in [0.25, 0.3) is 0 Å². The van der Waals surface area contributed by atoms with Crippen LogP contribution in [0.5, 0.6) is 5.75 Å². The van der Waals surface area contributed by atoms with Gasteiger partial charge in [0.05, 0.1) is 23.7 Å². The normalized spacial score (nSPS) is 11.8. The molecule has 2 aromatic carbocycles. The summed E-state index contributed by atoms with van der Waals surface area (Å²) < 4.78 is 6.20. The lowest BCUT2D eigenvalue weighted by molar-refractivity contribution is -0.115. The molecule has 0 aliphatic heterocycles. The van der Waals surface area contributed by atoms with Gasteiger partial charge >= 0.3 is 0 Å². The maximum atomic E-state index is 12.6. The van der Waals surface area contributed by atoms with E-state index in [-0.39, 0.29) is 11.2 Å². The van der Waals surface area contributed by atoms with Crippen LogP contribution in [-0.2, 0) is 4.79 Å². The van der Waals surface area contributed by atoms with Crippen molar-refractivity contribution in [2.24, 2.45) is 0 Å². The Labute approximate surface area is 161 Å². The summed E-state index contributed by atoms with van der Waals surface area (Å²) in [5.74, 6) is 0.581. The van der Waals surface area contributed by atoms with E-state index in [1.54, 1.807) is 18.4 Å². The van der Waals surface area contributed by atoms with Gasteiger partial charge < -0.3 is 10.1 Å². The highest BCUT2D eigenvalue weighted by atomic mass is 32.2. The van der Waals surface area contributed by atoms with Gasteiger partial charge in [-0.25, -0.2) is 4.98 Å². The van der Waals surface area contributed by atoms with E-state index < -0.39 is 0 Å². The molecule has 0 fully saturated rings. The number of amides is 1. The Bertz CT molecular complexity index is 894. The largest absolute Gasteiger partial charge is 0.495 e. The smallest absolute Gasteiger partial charge is 0.237 e. The molecule has 0 saturated heterocycles. The minimum Gasteiger partial charge on any atom is -0.495 e. The molecule has 3 aromatic rings. The summed E-state index contributed by atoms with van der Waals surface area (Å²) in [6.07, 6.45) is 0.